The van der Waals surface area contributed by atoms with Gasteiger partial charge in [-0.1, -0.05) is 12.8 Å². The van der Waals surface area contributed by atoms with E-state index in [4.69, 9.17) is 9.52 Å². The van der Waals surface area contributed by atoms with Gasteiger partial charge in [0.25, 0.3) is 0 Å². The normalized spacial score (nSPS) is 16.1. The summed E-state index contributed by atoms with van der Waals surface area (Å²) in [6, 6.07) is 1.33. The molecule has 0 saturated heterocycles. The number of aliphatic hydroxyl groups is 1. The number of furan rings is 1. The van der Waals surface area contributed by atoms with Crippen LogP contribution >= 0.6 is 15.9 Å². The minimum Gasteiger partial charge on any atom is -0.450 e. The quantitative estimate of drug-likeness (QED) is 0.746. The summed E-state index contributed by atoms with van der Waals surface area (Å²) < 4.78 is 31.6. The van der Waals surface area contributed by atoms with E-state index < -0.39 is 10.0 Å². The predicted octanol–water partition coefficient (Wildman–Crippen LogP) is 2.00. The standard InChI is InChI=1S/C11H16BrNO4S/c12-11-10(6-9(7-14)17-11)18(15,16)13-5-1-2-8-3-4-8/h6,8,13-14H,1-5,7H2. The van der Waals surface area contributed by atoms with Gasteiger partial charge in [0.1, 0.15) is 17.3 Å². The summed E-state index contributed by atoms with van der Waals surface area (Å²) in [7, 11) is -3.56. The number of sulfonamides is 1. The molecule has 0 unspecified atom stereocenters. The van der Waals surface area contributed by atoms with Crippen LogP contribution in [0.1, 0.15) is 31.4 Å². The van der Waals surface area contributed by atoms with Gasteiger partial charge in [-0.2, -0.15) is 0 Å². The van der Waals surface area contributed by atoms with E-state index in [1.165, 1.54) is 18.9 Å². The highest BCUT2D eigenvalue weighted by Gasteiger charge is 2.23. The van der Waals surface area contributed by atoms with E-state index in [1.54, 1.807) is 0 Å². The summed E-state index contributed by atoms with van der Waals surface area (Å²) in [5, 5.41) is 8.89. The number of aliphatic hydroxyl groups excluding tert-OH is 1. The molecule has 0 radical (unpaired) electrons. The maximum absolute atomic E-state index is 12.0. The Morgan fingerprint density at radius 1 is 1.50 bits per heavy atom. The van der Waals surface area contributed by atoms with Gasteiger partial charge in [-0.3, -0.25) is 0 Å². The van der Waals surface area contributed by atoms with Crippen LogP contribution < -0.4 is 4.72 Å². The summed E-state index contributed by atoms with van der Waals surface area (Å²) >= 11 is 3.04. The maximum Gasteiger partial charge on any atom is 0.244 e. The first-order valence-corrected chi connectivity index (χ1v) is 8.19. The summed E-state index contributed by atoms with van der Waals surface area (Å²) in [4.78, 5) is 0.0398. The summed E-state index contributed by atoms with van der Waals surface area (Å²) in [6.07, 6.45) is 4.49. The fourth-order valence-electron chi connectivity index (χ4n) is 1.74. The van der Waals surface area contributed by atoms with Gasteiger partial charge in [-0.15, -0.1) is 0 Å². The van der Waals surface area contributed by atoms with Gasteiger partial charge in [0, 0.05) is 12.6 Å². The minimum atomic E-state index is -3.56. The van der Waals surface area contributed by atoms with Gasteiger partial charge in [0.05, 0.1) is 0 Å². The van der Waals surface area contributed by atoms with E-state index in [0.29, 0.717) is 6.54 Å². The third-order valence-electron chi connectivity index (χ3n) is 2.93. The molecule has 7 heteroatoms. The number of hydrogen-bond donors (Lipinski definition) is 2. The molecule has 0 atom stereocenters. The molecule has 0 aromatic carbocycles. The van der Waals surface area contributed by atoms with E-state index in [-0.39, 0.29) is 21.9 Å². The number of nitrogens with one attached hydrogen (secondary N) is 1. The minimum absolute atomic E-state index is 0.0398. The lowest BCUT2D eigenvalue weighted by Gasteiger charge is -2.04. The molecule has 1 fully saturated rings. The lowest BCUT2D eigenvalue weighted by molar-refractivity contribution is 0.245. The van der Waals surface area contributed by atoms with Crippen molar-refractivity contribution in [2.45, 2.75) is 37.2 Å². The predicted molar refractivity (Wildman–Crippen MR) is 69.5 cm³/mol. The zero-order chi connectivity index (χ0) is 13.2. The highest BCUT2D eigenvalue weighted by molar-refractivity contribution is 9.10. The summed E-state index contributed by atoms with van der Waals surface area (Å²) in [6.45, 7) is 0.112. The molecule has 0 amide bonds. The average Bonchev–Trinajstić information content (AvgIpc) is 3.06. The number of rotatable bonds is 7. The van der Waals surface area contributed by atoms with Crippen molar-refractivity contribution >= 4 is 26.0 Å². The van der Waals surface area contributed by atoms with Crippen molar-refractivity contribution in [3.05, 3.63) is 16.5 Å². The highest BCUT2D eigenvalue weighted by Crippen LogP contribution is 2.33. The van der Waals surface area contributed by atoms with Gasteiger partial charge in [0.2, 0.25) is 10.0 Å². The fraction of sp³-hybridized carbons (Fsp3) is 0.636. The lowest BCUT2D eigenvalue weighted by atomic mass is 10.2. The molecule has 1 heterocycles. The molecule has 102 valence electrons. The Bertz CT molecular complexity index is 507. The molecule has 1 aromatic rings. The molecule has 0 spiro atoms. The van der Waals surface area contributed by atoms with Crippen molar-refractivity contribution in [1.82, 2.24) is 4.72 Å². The Morgan fingerprint density at radius 3 is 2.78 bits per heavy atom. The molecule has 0 bridgehead atoms. The van der Waals surface area contributed by atoms with Gasteiger partial charge in [-0.25, -0.2) is 13.1 Å². The topological polar surface area (TPSA) is 79.5 Å². The van der Waals surface area contributed by atoms with Gasteiger partial charge in [-0.05, 0) is 34.7 Å². The van der Waals surface area contributed by atoms with E-state index in [0.717, 1.165) is 18.8 Å². The van der Waals surface area contributed by atoms with Crippen molar-refractivity contribution in [2.75, 3.05) is 6.54 Å². The van der Waals surface area contributed by atoms with Crippen LogP contribution in [0.5, 0.6) is 0 Å². The third kappa shape index (κ3) is 3.57. The SMILES string of the molecule is O=S(=O)(NCCCC1CC1)c1cc(CO)oc1Br. The Balaban J connectivity index is 1.93. The largest absolute Gasteiger partial charge is 0.450 e. The van der Waals surface area contributed by atoms with Crippen LogP contribution in [0.2, 0.25) is 0 Å². The second-order valence-electron chi connectivity index (χ2n) is 4.49. The van der Waals surface area contributed by atoms with Crippen molar-refractivity contribution < 1.29 is 17.9 Å². The summed E-state index contributed by atoms with van der Waals surface area (Å²) in [5.74, 6) is 1.02. The first kappa shape index (κ1) is 14.0. The van der Waals surface area contributed by atoms with Crippen molar-refractivity contribution in [1.29, 1.82) is 0 Å². The molecule has 5 nitrogen and oxygen atoms in total. The highest BCUT2D eigenvalue weighted by atomic mass is 79.9. The van der Waals surface area contributed by atoms with Crippen LogP contribution in [-0.2, 0) is 16.6 Å². The molecule has 1 aliphatic carbocycles. The van der Waals surface area contributed by atoms with Crippen molar-refractivity contribution in [3.63, 3.8) is 0 Å². The smallest absolute Gasteiger partial charge is 0.244 e. The first-order chi connectivity index (χ1) is 8.53. The van der Waals surface area contributed by atoms with Crippen molar-refractivity contribution in [2.24, 2.45) is 5.92 Å². The molecular formula is C11H16BrNO4S. The average molecular weight is 338 g/mol. The Labute approximate surface area is 115 Å². The zero-order valence-electron chi connectivity index (χ0n) is 9.86. The molecule has 1 saturated carbocycles. The molecule has 2 N–H and O–H groups in total. The van der Waals surface area contributed by atoms with Crippen LogP contribution in [0.3, 0.4) is 0 Å². The lowest BCUT2D eigenvalue weighted by Crippen LogP contribution is -2.24. The second kappa shape index (κ2) is 5.73. The van der Waals surface area contributed by atoms with Crippen LogP contribution in [0.15, 0.2) is 20.0 Å². The van der Waals surface area contributed by atoms with Gasteiger partial charge in [0.15, 0.2) is 4.67 Å². The van der Waals surface area contributed by atoms with Crippen LogP contribution in [-0.4, -0.2) is 20.1 Å². The molecule has 1 aromatic heterocycles. The second-order valence-corrected chi connectivity index (χ2v) is 6.95. The Morgan fingerprint density at radius 2 is 2.22 bits per heavy atom. The maximum atomic E-state index is 12.0. The number of hydrogen-bond acceptors (Lipinski definition) is 4. The zero-order valence-corrected chi connectivity index (χ0v) is 12.3. The van der Waals surface area contributed by atoms with E-state index in [9.17, 15) is 8.42 Å². The molecule has 2 rings (SSSR count). The first-order valence-electron chi connectivity index (χ1n) is 5.91. The fourth-order valence-corrected chi connectivity index (χ4v) is 3.81. The number of halogens is 1. The Kier molecular flexibility index (Phi) is 4.47. The van der Waals surface area contributed by atoms with E-state index in [2.05, 4.69) is 20.7 Å². The molecule has 18 heavy (non-hydrogen) atoms. The molecular weight excluding hydrogens is 322 g/mol. The van der Waals surface area contributed by atoms with E-state index >= 15 is 0 Å². The van der Waals surface area contributed by atoms with Crippen LogP contribution in [0, 0.1) is 5.92 Å². The van der Waals surface area contributed by atoms with Crippen LogP contribution in [0.25, 0.3) is 0 Å². The van der Waals surface area contributed by atoms with Crippen molar-refractivity contribution in [3.8, 4) is 0 Å². The van der Waals surface area contributed by atoms with Gasteiger partial charge >= 0.3 is 0 Å². The molecule has 0 aliphatic heterocycles. The van der Waals surface area contributed by atoms with E-state index in [1.807, 2.05) is 0 Å². The Hall–Kier alpha value is -0.370. The third-order valence-corrected chi connectivity index (χ3v) is 5.25. The summed E-state index contributed by atoms with van der Waals surface area (Å²) in [5.41, 5.74) is 0. The molecule has 1 aliphatic rings. The monoisotopic (exact) mass is 337 g/mol. The van der Waals surface area contributed by atoms with Gasteiger partial charge < -0.3 is 9.52 Å². The van der Waals surface area contributed by atoms with Crippen LogP contribution in [0.4, 0.5) is 0 Å².